The SMILES string of the molecule is CC(C)(C)CC(CO)NC(=O)/C=C/c1ccc(-n2ccnc2)cc1. The number of hydrogen-bond acceptors (Lipinski definition) is 3. The molecule has 0 radical (unpaired) electrons. The van der Waals surface area contributed by atoms with Gasteiger partial charge in [0.2, 0.25) is 5.91 Å². The van der Waals surface area contributed by atoms with Gasteiger partial charge in [0.05, 0.1) is 19.0 Å². The lowest BCUT2D eigenvalue weighted by molar-refractivity contribution is -0.117. The first-order valence-corrected chi connectivity index (χ1v) is 8.05. The fourth-order valence-corrected chi connectivity index (χ4v) is 2.49. The zero-order valence-corrected chi connectivity index (χ0v) is 14.4. The largest absolute Gasteiger partial charge is 0.394 e. The van der Waals surface area contributed by atoms with Crippen LogP contribution in [0.2, 0.25) is 0 Å². The van der Waals surface area contributed by atoms with Gasteiger partial charge in [-0.2, -0.15) is 0 Å². The summed E-state index contributed by atoms with van der Waals surface area (Å²) in [5, 5.41) is 12.2. The van der Waals surface area contributed by atoms with Crippen LogP contribution in [0.3, 0.4) is 0 Å². The minimum absolute atomic E-state index is 0.0492. The number of hydrogen-bond donors (Lipinski definition) is 2. The number of aromatic nitrogens is 2. The van der Waals surface area contributed by atoms with E-state index in [4.69, 9.17) is 0 Å². The summed E-state index contributed by atoms with van der Waals surface area (Å²) >= 11 is 0. The highest BCUT2D eigenvalue weighted by atomic mass is 16.3. The molecule has 0 bridgehead atoms. The maximum atomic E-state index is 12.0. The van der Waals surface area contributed by atoms with E-state index in [1.54, 1.807) is 18.6 Å². The van der Waals surface area contributed by atoms with E-state index >= 15 is 0 Å². The second-order valence-electron chi connectivity index (χ2n) is 7.05. The van der Waals surface area contributed by atoms with Gasteiger partial charge in [-0.25, -0.2) is 4.98 Å². The lowest BCUT2D eigenvalue weighted by Gasteiger charge is -2.24. The Morgan fingerprint density at radius 3 is 2.58 bits per heavy atom. The number of amides is 1. The van der Waals surface area contributed by atoms with E-state index in [9.17, 15) is 9.90 Å². The minimum Gasteiger partial charge on any atom is -0.394 e. The molecule has 0 aliphatic carbocycles. The molecule has 2 N–H and O–H groups in total. The molecule has 0 spiro atoms. The van der Waals surface area contributed by atoms with E-state index in [2.05, 4.69) is 31.1 Å². The van der Waals surface area contributed by atoms with E-state index in [0.29, 0.717) is 0 Å². The smallest absolute Gasteiger partial charge is 0.244 e. The lowest BCUT2D eigenvalue weighted by Crippen LogP contribution is -2.39. The first kappa shape index (κ1) is 17.9. The molecule has 128 valence electrons. The van der Waals surface area contributed by atoms with Gasteiger partial charge in [0.1, 0.15) is 0 Å². The highest BCUT2D eigenvalue weighted by Crippen LogP contribution is 2.20. The molecule has 24 heavy (non-hydrogen) atoms. The minimum atomic E-state index is -0.231. The molecule has 0 saturated heterocycles. The molecule has 5 nitrogen and oxygen atoms in total. The highest BCUT2D eigenvalue weighted by Gasteiger charge is 2.18. The third-order valence-electron chi connectivity index (χ3n) is 3.55. The third kappa shape index (κ3) is 5.66. The molecule has 1 unspecified atom stereocenters. The number of benzene rings is 1. The molecule has 1 atom stereocenters. The van der Waals surface area contributed by atoms with Crippen molar-refractivity contribution in [3.63, 3.8) is 0 Å². The van der Waals surface area contributed by atoms with Gasteiger partial charge in [-0.1, -0.05) is 32.9 Å². The number of imidazole rings is 1. The van der Waals surface area contributed by atoms with Crippen LogP contribution in [-0.2, 0) is 4.79 Å². The summed E-state index contributed by atoms with van der Waals surface area (Å²) in [7, 11) is 0. The van der Waals surface area contributed by atoms with Crippen molar-refractivity contribution in [3.05, 3.63) is 54.6 Å². The molecular formula is C19H25N3O2. The van der Waals surface area contributed by atoms with Gasteiger partial charge < -0.3 is 15.0 Å². The maximum absolute atomic E-state index is 12.0. The number of rotatable bonds is 6. The van der Waals surface area contributed by atoms with Crippen LogP contribution in [0.15, 0.2) is 49.1 Å². The van der Waals surface area contributed by atoms with Gasteiger partial charge in [0, 0.05) is 24.2 Å². The van der Waals surface area contributed by atoms with E-state index in [1.165, 1.54) is 6.08 Å². The molecule has 1 amide bonds. The van der Waals surface area contributed by atoms with E-state index in [1.807, 2.05) is 35.0 Å². The summed E-state index contributed by atoms with van der Waals surface area (Å²) < 4.78 is 1.92. The van der Waals surface area contributed by atoms with Crippen LogP contribution in [0.5, 0.6) is 0 Å². The van der Waals surface area contributed by atoms with Crippen molar-refractivity contribution in [3.8, 4) is 5.69 Å². The van der Waals surface area contributed by atoms with Crippen molar-refractivity contribution in [2.75, 3.05) is 6.61 Å². The van der Waals surface area contributed by atoms with Crippen molar-refractivity contribution >= 4 is 12.0 Å². The fourth-order valence-electron chi connectivity index (χ4n) is 2.49. The third-order valence-corrected chi connectivity index (χ3v) is 3.55. The molecule has 0 aliphatic heterocycles. The topological polar surface area (TPSA) is 67.2 Å². The van der Waals surface area contributed by atoms with Gasteiger partial charge in [-0.15, -0.1) is 0 Å². The van der Waals surface area contributed by atoms with Gasteiger partial charge >= 0.3 is 0 Å². The van der Waals surface area contributed by atoms with Crippen LogP contribution >= 0.6 is 0 Å². The van der Waals surface area contributed by atoms with Crippen molar-refractivity contribution in [2.45, 2.75) is 33.2 Å². The van der Waals surface area contributed by atoms with Crippen LogP contribution in [0.1, 0.15) is 32.8 Å². The average molecular weight is 327 g/mol. The number of carbonyl (C=O) groups excluding carboxylic acids is 1. The van der Waals surface area contributed by atoms with Gasteiger partial charge in [-0.3, -0.25) is 4.79 Å². The number of nitrogens with one attached hydrogen (secondary N) is 1. The van der Waals surface area contributed by atoms with E-state index in [-0.39, 0.29) is 24.0 Å². The summed E-state index contributed by atoms with van der Waals surface area (Å²) in [6.07, 6.45) is 9.33. The number of nitrogens with zero attached hydrogens (tertiary/aromatic N) is 2. The predicted octanol–water partition coefficient (Wildman–Crippen LogP) is 2.80. The highest BCUT2D eigenvalue weighted by molar-refractivity contribution is 5.91. The summed E-state index contributed by atoms with van der Waals surface area (Å²) in [6, 6.07) is 7.59. The number of aliphatic hydroxyl groups excluding tert-OH is 1. The second kappa shape index (κ2) is 7.93. The number of aliphatic hydroxyl groups is 1. The molecule has 5 heteroatoms. The zero-order chi connectivity index (χ0) is 17.6. The fraction of sp³-hybridized carbons (Fsp3) is 0.368. The molecule has 0 aliphatic rings. The van der Waals surface area contributed by atoms with Crippen LogP contribution < -0.4 is 5.32 Å². The first-order valence-electron chi connectivity index (χ1n) is 8.05. The number of carbonyl (C=O) groups is 1. The van der Waals surface area contributed by atoms with Gasteiger partial charge in [0.25, 0.3) is 0 Å². The maximum Gasteiger partial charge on any atom is 0.244 e. The summed E-state index contributed by atoms with van der Waals surface area (Å²) in [4.78, 5) is 16.0. The van der Waals surface area contributed by atoms with Gasteiger partial charge in [-0.05, 0) is 35.6 Å². The normalized spacial score (nSPS) is 13.2. The molecule has 2 aromatic rings. The lowest BCUT2D eigenvalue weighted by atomic mass is 9.88. The Kier molecular flexibility index (Phi) is 5.93. The molecule has 1 aromatic carbocycles. The molecule has 0 saturated carbocycles. The molecule has 2 rings (SSSR count). The Bertz CT molecular complexity index is 668. The second-order valence-corrected chi connectivity index (χ2v) is 7.05. The summed E-state index contributed by atoms with van der Waals surface area (Å²) in [5.74, 6) is -0.197. The molecule has 0 fully saturated rings. The quantitative estimate of drug-likeness (QED) is 0.802. The van der Waals surface area contributed by atoms with Crippen LogP contribution in [0.4, 0.5) is 0 Å². The first-order chi connectivity index (χ1) is 11.4. The van der Waals surface area contributed by atoms with Crippen LogP contribution in [-0.4, -0.2) is 33.2 Å². The summed E-state index contributed by atoms with van der Waals surface area (Å²) in [6.45, 7) is 6.19. The molecule has 1 aromatic heterocycles. The average Bonchev–Trinajstić information content (AvgIpc) is 3.06. The van der Waals surface area contributed by atoms with Crippen molar-refractivity contribution in [1.82, 2.24) is 14.9 Å². The Morgan fingerprint density at radius 2 is 2.04 bits per heavy atom. The zero-order valence-electron chi connectivity index (χ0n) is 14.4. The van der Waals surface area contributed by atoms with Crippen LogP contribution in [0.25, 0.3) is 11.8 Å². The van der Waals surface area contributed by atoms with E-state index < -0.39 is 0 Å². The van der Waals surface area contributed by atoms with E-state index in [0.717, 1.165) is 17.7 Å². The Hall–Kier alpha value is -2.40. The standard InChI is InChI=1S/C19H25N3O2/c1-19(2,3)12-16(13-23)21-18(24)9-6-15-4-7-17(8-5-15)22-11-10-20-14-22/h4-11,14,16,23H,12-13H2,1-3H3,(H,21,24)/b9-6+. The molecular weight excluding hydrogens is 302 g/mol. The predicted molar refractivity (Wildman–Crippen MR) is 95.7 cm³/mol. The molecule has 1 heterocycles. The Morgan fingerprint density at radius 1 is 1.33 bits per heavy atom. The van der Waals surface area contributed by atoms with Crippen LogP contribution in [0, 0.1) is 5.41 Å². The van der Waals surface area contributed by atoms with Crippen molar-refractivity contribution in [1.29, 1.82) is 0 Å². The van der Waals surface area contributed by atoms with Gasteiger partial charge in [0.15, 0.2) is 0 Å². The Labute approximate surface area is 143 Å². The Balaban J connectivity index is 1.93. The monoisotopic (exact) mass is 327 g/mol. The van der Waals surface area contributed by atoms with Crippen molar-refractivity contribution < 1.29 is 9.90 Å². The van der Waals surface area contributed by atoms with Crippen molar-refractivity contribution in [2.24, 2.45) is 5.41 Å². The summed E-state index contributed by atoms with van der Waals surface area (Å²) in [5.41, 5.74) is 2.00.